The monoisotopic (exact) mass is 395 g/mol. The molecule has 28 heavy (non-hydrogen) atoms. The molecule has 0 spiro atoms. The number of aromatic hydroxyl groups is 1. The second-order valence-corrected chi connectivity index (χ2v) is 6.91. The first-order chi connectivity index (χ1) is 13.1. The van der Waals surface area contributed by atoms with E-state index in [1.165, 1.54) is 19.1 Å². The van der Waals surface area contributed by atoms with Gasteiger partial charge in [-0.05, 0) is 30.5 Å². The fourth-order valence-electron chi connectivity index (χ4n) is 2.50. The molecule has 0 bridgehead atoms. The van der Waals surface area contributed by atoms with E-state index in [1.54, 1.807) is 19.1 Å². The first-order valence-electron chi connectivity index (χ1n) is 9.11. The van der Waals surface area contributed by atoms with Gasteiger partial charge in [-0.1, -0.05) is 32.4 Å². The van der Waals surface area contributed by atoms with Crippen LogP contribution in [-0.4, -0.2) is 57.3 Å². The number of aliphatic hydroxyl groups excluding tert-OH is 1. The van der Waals surface area contributed by atoms with Crippen molar-refractivity contribution in [2.75, 3.05) is 0 Å². The number of nitrogens with two attached hydrogens (primary N) is 1. The average Bonchev–Trinajstić information content (AvgIpc) is 2.65. The zero-order valence-corrected chi connectivity index (χ0v) is 16.3. The van der Waals surface area contributed by atoms with Crippen LogP contribution in [0.15, 0.2) is 24.3 Å². The summed E-state index contributed by atoms with van der Waals surface area (Å²) in [5.41, 5.74) is 6.22. The van der Waals surface area contributed by atoms with Crippen molar-refractivity contribution in [3.8, 4) is 5.75 Å². The molecular weight excluding hydrogens is 366 g/mol. The molecule has 0 aliphatic carbocycles. The molecule has 0 aliphatic rings. The van der Waals surface area contributed by atoms with Crippen LogP contribution in [0.25, 0.3) is 0 Å². The molecule has 0 heterocycles. The van der Waals surface area contributed by atoms with E-state index in [1.807, 2.05) is 6.92 Å². The fourth-order valence-corrected chi connectivity index (χ4v) is 2.50. The summed E-state index contributed by atoms with van der Waals surface area (Å²) in [6, 6.07) is 2.56. The lowest BCUT2D eigenvalue weighted by atomic mass is 9.96. The van der Waals surface area contributed by atoms with Gasteiger partial charge in [-0.2, -0.15) is 0 Å². The van der Waals surface area contributed by atoms with Gasteiger partial charge < -0.3 is 31.7 Å². The maximum atomic E-state index is 12.7. The number of carbonyl (C=O) groups excluding carboxylic acids is 2. The van der Waals surface area contributed by atoms with Gasteiger partial charge in [0.1, 0.15) is 23.9 Å². The molecule has 0 aliphatic heterocycles. The lowest BCUT2D eigenvalue weighted by molar-refractivity contribution is -0.142. The molecule has 1 rings (SSSR count). The topological polar surface area (TPSA) is 162 Å². The van der Waals surface area contributed by atoms with Crippen LogP contribution in [0.4, 0.5) is 0 Å². The van der Waals surface area contributed by atoms with Crippen LogP contribution >= 0.6 is 0 Å². The molecule has 5 atom stereocenters. The van der Waals surface area contributed by atoms with E-state index in [0.29, 0.717) is 12.0 Å². The van der Waals surface area contributed by atoms with Gasteiger partial charge in [0.15, 0.2) is 0 Å². The van der Waals surface area contributed by atoms with Crippen molar-refractivity contribution in [2.24, 2.45) is 11.7 Å². The van der Waals surface area contributed by atoms with Crippen LogP contribution in [0.3, 0.4) is 0 Å². The predicted octanol–water partition coefficient (Wildman–Crippen LogP) is -0.257. The number of hydrogen-bond donors (Lipinski definition) is 6. The lowest BCUT2D eigenvalue weighted by Crippen LogP contribution is -2.58. The first kappa shape index (κ1) is 23.4. The van der Waals surface area contributed by atoms with E-state index in [-0.39, 0.29) is 18.1 Å². The van der Waals surface area contributed by atoms with Crippen LogP contribution < -0.4 is 16.4 Å². The smallest absolute Gasteiger partial charge is 0.326 e. The van der Waals surface area contributed by atoms with Gasteiger partial charge in [0, 0.05) is 6.42 Å². The van der Waals surface area contributed by atoms with Gasteiger partial charge in [-0.3, -0.25) is 9.59 Å². The van der Waals surface area contributed by atoms with Crippen molar-refractivity contribution in [2.45, 2.75) is 57.8 Å². The highest BCUT2D eigenvalue weighted by atomic mass is 16.4. The number of carboxylic acid groups (broad SMARTS) is 1. The number of hydrogen-bond acceptors (Lipinski definition) is 6. The van der Waals surface area contributed by atoms with E-state index in [9.17, 15) is 29.7 Å². The Morgan fingerprint density at radius 3 is 2.11 bits per heavy atom. The number of phenolic OH excluding ortho intramolecular Hbond substituents is 1. The zero-order valence-electron chi connectivity index (χ0n) is 16.3. The standard InChI is InChI=1S/C19H29N3O6/c1-4-10(2)16(22-17(25)15(20)11(3)23)18(26)21-14(19(27)28)9-12-5-7-13(24)8-6-12/h5-8,10-11,14-16,23-24H,4,9,20H2,1-3H3,(H,21,26)(H,22,25)(H,27,28)/t10-,11+,14-,15-,16-/m0/s1. The van der Waals surface area contributed by atoms with Crippen LogP contribution in [0.1, 0.15) is 32.8 Å². The Balaban J connectivity index is 2.91. The second kappa shape index (κ2) is 10.6. The molecule has 0 unspecified atom stereocenters. The normalized spacial score (nSPS) is 16.3. The third kappa shape index (κ3) is 6.82. The summed E-state index contributed by atoms with van der Waals surface area (Å²) < 4.78 is 0. The van der Waals surface area contributed by atoms with Crippen molar-refractivity contribution in [3.63, 3.8) is 0 Å². The molecule has 0 saturated carbocycles. The van der Waals surface area contributed by atoms with Crippen molar-refractivity contribution in [1.82, 2.24) is 10.6 Å². The molecule has 7 N–H and O–H groups in total. The Morgan fingerprint density at radius 1 is 1.07 bits per heavy atom. The Labute approximate surface area is 163 Å². The summed E-state index contributed by atoms with van der Waals surface area (Å²) in [7, 11) is 0. The first-order valence-corrected chi connectivity index (χ1v) is 9.11. The molecule has 9 heteroatoms. The minimum absolute atomic E-state index is 0.00964. The van der Waals surface area contributed by atoms with E-state index in [2.05, 4.69) is 10.6 Å². The van der Waals surface area contributed by atoms with Crippen molar-refractivity contribution < 1.29 is 29.7 Å². The van der Waals surface area contributed by atoms with E-state index in [4.69, 9.17) is 5.73 Å². The molecule has 1 aromatic rings. The second-order valence-electron chi connectivity index (χ2n) is 6.91. The zero-order chi connectivity index (χ0) is 21.4. The van der Waals surface area contributed by atoms with Crippen molar-refractivity contribution in [1.29, 1.82) is 0 Å². The number of aliphatic carboxylic acids is 1. The van der Waals surface area contributed by atoms with Gasteiger partial charge >= 0.3 is 5.97 Å². The molecule has 0 saturated heterocycles. The van der Waals surface area contributed by atoms with Crippen LogP contribution in [0, 0.1) is 5.92 Å². The molecule has 9 nitrogen and oxygen atoms in total. The van der Waals surface area contributed by atoms with E-state index >= 15 is 0 Å². The Kier molecular flexibility index (Phi) is 8.87. The van der Waals surface area contributed by atoms with Crippen LogP contribution in [0.5, 0.6) is 5.75 Å². The minimum Gasteiger partial charge on any atom is -0.508 e. The van der Waals surface area contributed by atoms with Gasteiger partial charge in [0.2, 0.25) is 11.8 Å². The lowest BCUT2D eigenvalue weighted by Gasteiger charge is -2.27. The van der Waals surface area contributed by atoms with E-state index in [0.717, 1.165) is 0 Å². The number of benzene rings is 1. The summed E-state index contributed by atoms with van der Waals surface area (Å²) in [5, 5.41) is 33.2. The van der Waals surface area contributed by atoms with Crippen LogP contribution in [0.2, 0.25) is 0 Å². The molecule has 0 radical (unpaired) electrons. The summed E-state index contributed by atoms with van der Waals surface area (Å²) >= 11 is 0. The average molecular weight is 395 g/mol. The number of rotatable bonds is 10. The highest BCUT2D eigenvalue weighted by Crippen LogP contribution is 2.13. The summed E-state index contributed by atoms with van der Waals surface area (Å²) in [6.07, 6.45) is -0.532. The number of aliphatic hydroxyl groups is 1. The molecule has 2 amide bonds. The number of phenols is 1. The third-order valence-electron chi connectivity index (χ3n) is 4.61. The minimum atomic E-state index is -1.23. The molecule has 156 valence electrons. The van der Waals surface area contributed by atoms with Gasteiger partial charge in [0.05, 0.1) is 6.10 Å². The highest BCUT2D eigenvalue weighted by Gasteiger charge is 2.31. The van der Waals surface area contributed by atoms with Crippen LogP contribution in [-0.2, 0) is 20.8 Å². The molecule has 1 aromatic carbocycles. The Hall–Kier alpha value is -2.65. The largest absolute Gasteiger partial charge is 0.508 e. The Morgan fingerprint density at radius 2 is 1.64 bits per heavy atom. The SMILES string of the molecule is CC[C@H](C)[C@H](NC(=O)[C@@H](N)[C@@H](C)O)C(=O)N[C@@H](Cc1ccc(O)cc1)C(=O)O. The van der Waals surface area contributed by atoms with Crippen molar-refractivity contribution in [3.05, 3.63) is 29.8 Å². The van der Waals surface area contributed by atoms with E-state index < -0.39 is 42.0 Å². The summed E-state index contributed by atoms with van der Waals surface area (Å²) in [4.78, 5) is 36.4. The quantitative estimate of drug-likeness (QED) is 0.318. The molecular formula is C19H29N3O6. The Bertz CT molecular complexity index is 677. The van der Waals surface area contributed by atoms with Crippen molar-refractivity contribution >= 4 is 17.8 Å². The maximum Gasteiger partial charge on any atom is 0.326 e. The highest BCUT2D eigenvalue weighted by molar-refractivity contribution is 5.92. The number of nitrogens with one attached hydrogen (secondary N) is 2. The number of carboxylic acids is 1. The maximum absolute atomic E-state index is 12.7. The molecule has 0 fully saturated rings. The summed E-state index contributed by atoms with van der Waals surface area (Å²) in [6.45, 7) is 4.94. The van der Waals surface area contributed by atoms with Gasteiger partial charge in [0.25, 0.3) is 0 Å². The third-order valence-corrected chi connectivity index (χ3v) is 4.61. The number of carbonyl (C=O) groups is 3. The molecule has 0 aromatic heterocycles. The van der Waals surface area contributed by atoms with Gasteiger partial charge in [-0.25, -0.2) is 4.79 Å². The summed E-state index contributed by atoms with van der Waals surface area (Å²) in [5.74, 6) is -2.80. The fraction of sp³-hybridized carbons (Fsp3) is 0.526. The number of amides is 2. The van der Waals surface area contributed by atoms with Gasteiger partial charge in [-0.15, -0.1) is 0 Å². The predicted molar refractivity (Wildman–Crippen MR) is 102 cm³/mol.